The molecule has 1 rings (SSSR count). The lowest BCUT2D eigenvalue weighted by atomic mass is 10.1. The Balaban J connectivity index is 2.36. The summed E-state index contributed by atoms with van der Waals surface area (Å²) in [5, 5.41) is 4.75. The second-order valence-corrected chi connectivity index (χ2v) is 5.22. The summed E-state index contributed by atoms with van der Waals surface area (Å²) in [5.74, 6) is 0. The van der Waals surface area contributed by atoms with Gasteiger partial charge in [-0.25, -0.2) is 0 Å². The van der Waals surface area contributed by atoms with Gasteiger partial charge in [0.05, 0.1) is 10.0 Å². The van der Waals surface area contributed by atoms with Crippen molar-refractivity contribution < 1.29 is 0 Å². The van der Waals surface area contributed by atoms with Crippen LogP contribution in [0.25, 0.3) is 0 Å². The zero-order chi connectivity index (χ0) is 12.7. The van der Waals surface area contributed by atoms with Crippen molar-refractivity contribution in [2.45, 2.75) is 45.6 Å². The van der Waals surface area contributed by atoms with Crippen molar-refractivity contribution in [1.82, 2.24) is 5.32 Å². The van der Waals surface area contributed by atoms with Crippen molar-refractivity contribution in [1.29, 1.82) is 0 Å². The number of hydrogen-bond donors (Lipinski definition) is 1. The highest BCUT2D eigenvalue weighted by atomic mass is 35.5. The van der Waals surface area contributed by atoms with Crippen LogP contribution in [0.2, 0.25) is 10.0 Å². The van der Waals surface area contributed by atoms with Crippen molar-refractivity contribution in [3.8, 4) is 0 Å². The number of unbranched alkanes of at least 4 members (excludes halogenated alkanes) is 3. The Kier molecular flexibility index (Phi) is 6.94. The van der Waals surface area contributed by atoms with Crippen LogP contribution in [-0.4, -0.2) is 6.54 Å². The molecule has 0 amide bonds. The lowest BCUT2D eigenvalue weighted by Gasteiger charge is -2.14. The predicted molar refractivity (Wildman–Crippen MR) is 77.0 cm³/mol. The lowest BCUT2D eigenvalue weighted by molar-refractivity contribution is 0.536. The van der Waals surface area contributed by atoms with Gasteiger partial charge in [-0.3, -0.25) is 0 Å². The van der Waals surface area contributed by atoms with E-state index in [1.807, 2.05) is 18.2 Å². The van der Waals surface area contributed by atoms with E-state index in [9.17, 15) is 0 Å². The fraction of sp³-hybridized carbons (Fsp3) is 0.571. The molecule has 96 valence electrons. The van der Waals surface area contributed by atoms with E-state index in [0.29, 0.717) is 16.1 Å². The summed E-state index contributed by atoms with van der Waals surface area (Å²) in [7, 11) is 0. The minimum Gasteiger partial charge on any atom is -0.310 e. The van der Waals surface area contributed by atoms with Crippen molar-refractivity contribution in [3.05, 3.63) is 33.8 Å². The third-order valence-corrected chi connectivity index (χ3v) is 3.66. The predicted octanol–water partition coefficient (Wildman–Crippen LogP) is 5.22. The van der Waals surface area contributed by atoms with Crippen LogP contribution in [0.15, 0.2) is 18.2 Å². The summed E-state index contributed by atoms with van der Waals surface area (Å²) in [5.41, 5.74) is 1.19. The van der Waals surface area contributed by atoms with E-state index in [2.05, 4.69) is 19.2 Å². The lowest BCUT2D eigenvalue weighted by Crippen LogP contribution is -2.19. The van der Waals surface area contributed by atoms with Crippen LogP contribution in [-0.2, 0) is 0 Å². The largest absolute Gasteiger partial charge is 0.310 e. The Morgan fingerprint density at radius 2 is 1.88 bits per heavy atom. The number of benzene rings is 1. The van der Waals surface area contributed by atoms with Crippen LogP contribution in [0.1, 0.15) is 51.1 Å². The van der Waals surface area contributed by atoms with Gasteiger partial charge in [0.15, 0.2) is 0 Å². The molecule has 1 aromatic carbocycles. The molecule has 3 heteroatoms. The molecule has 1 N–H and O–H groups in total. The maximum absolute atomic E-state index is 6.00. The topological polar surface area (TPSA) is 12.0 Å². The van der Waals surface area contributed by atoms with Gasteiger partial charge in [-0.05, 0) is 37.6 Å². The molecular weight excluding hydrogens is 253 g/mol. The van der Waals surface area contributed by atoms with Crippen LogP contribution in [0.5, 0.6) is 0 Å². The van der Waals surface area contributed by atoms with Crippen molar-refractivity contribution in [3.63, 3.8) is 0 Å². The molecule has 0 aromatic heterocycles. The first-order chi connectivity index (χ1) is 8.15. The molecule has 0 saturated carbocycles. The monoisotopic (exact) mass is 273 g/mol. The highest BCUT2D eigenvalue weighted by Gasteiger charge is 2.06. The van der Waals surface area contributed by atoms with E-state index >= 15 is 0 Å². The molecule has 0 aliphatic heterocycles. The number of hydrogen-bond acceptors (Lipinski definition) is 1. The molecule has 0 aliphatic rings. The van der Waals surface area contributed by atoms with Crippen LogP contribution in [0, 0.1) is 0 Å². The van der Waals surface area contributed by atoms with Crippen LogP contribution in [0.4, 0.5) is 0 Å². The first-order valence-corrected chi connectivity index (χ1v) is 7.09. The molecular formula is C14H21Cl2N. The third-order valence-electron chi connectivity index (χ3n) is 2.92. The summed E-state index contributed by atoms with van der Waals surface area (Å²) in [6.07, 6.45) is 5.14. The standard InChI is InChI=1S/C14H21Cl2N/c1-3-4-5-6-9-17-11(2)12-7-8-13(15)14(16)10-12/h7-8,10-11,17H,3-6,9H2,1-2H3. The van der Waals surface area contributed by atoms with Crippen LogP contribution < -0.4 is 5.32 Å². The minimum absolute atomic E-state index is 0.325. The molecule has 0 fully saturated rings. The number of nitrogens with one attached hydrogen (secondary N) is 1. The number of halogens is 2. The zero-order valence-electron chi connectivity index (χ0n) is 10.6. The van der Waals surface area contributed by atoms with Crippen molar-refractivity contribution in [2.75, 3.05) is 6.54 Å². The first-order valence-electron chi connectivity index (χ1n) is 6.33. The SMILES string of the molecule is CCCCCCNC(C)c1ccc(Cl)c(Cl)c1. The molecule has 0 spiro atoms. The van der Waals surface area contributed by atoms with Gasteiger partial charge >= 0.3 is 0 Å². The van der Waals surface area contributed by atoms with Gasteiger partial charge in [0.1, 0.15) is 0 Å². The van der Waals surface area contributed by atoms with Crippen molar-refractivity contribution in [2.24, 2.45) is 0 Å². The molecule has 0 heterocycles. The highest BCUT2D eigenvalue weighted by Crippen LogP contribution is 2.25. The Hall–Kier alpha value is -0.240. The quantitative estimate of drug-likeness (QED) is 0.672. The van der Waals surface area contributed by atoms with E-state index < -0.39 is 0 Å². The highest BCUT2D eigenvalue weighted by molar-refractivity contribution is 6.42. The summed E-state index contributed by atoms with van der Waals surface area (Å²) in [6.45, 7) is 5.44. The molecule has 1 aromatic rings. The summed E-state index contributed by atoms with van der Waals surface area (Å²) in [6, 6.07) is 6.14. The van der Waals surface area contributed by atoms with E-state index in [0.717, 1.165) is 6.54 Å². The van der Waals surface area contributed by atoms with Gasteiger partial charge in [-0.1, -0.05) is 55.5 Å². The summed E-state index contributed by atoms with van der Waals surface area (Å²) in [4.78, 5) is 0. The van der Waals surface area contributed by atoms with Gasteiger partial charge in [-0.2, -0.15) is 0 Å². The fourth-order valence-corrected chi connectivity index (χ4v) is 2.08. The van der Waals surface area contributed by atoms with E-state index in [1.165, 1.54) is 31.2 Å². The zero-order valence-corrected chi connectivity index (χ0v) is 12.1. The molecule has 1 atom stereocenters. The van der Waals surface area contributed by atoms with Crippen LogP contribution in [0.3, 0.4) is 0 Å². The second-order valence-electron chi connectivity index (χ2n) is 4.41. The van der Waals surface area contributed by atoms with Gasteiger partial charge in [0.2, 0.25) is 0 Å². The van der Waals surface area contributed by atoms with Gasteiger partial charge in [0.25, 0.3) is 0 Å². The smallest absolute Gasteiger partial charge is 0.0595 e. The minimum atomic E-state index is 0.325. The van der Waals surface area contributed by atoms with E-state index in [4.69, 9.17) is 23.2 Å². The summed E-state index contributed by atoms with van der Waals surface area (Å²) < 4.78 is 0. The maximum atomic E-state index is 6.00. The average Bonchev–Trinajstić information content (AvgIpc) is 2.32. The second kappa shape index (κ2) is 7.97. The van der Waals surface area contributed by atoms with E-state index in [-0.39, 0.29) is 0 Å². The fourth-order valence-electron chi connectivity index (χ4n) is 1.77. The molecule has 0 aliphatic carbocycles. The Morgan fingerprint density at radius 3 is 2.53 bits per heavy atom. The molecule has 1 unspecified atom stereocenters. The average molecular weight is 274 g/mol. The maximum Gasteiger partial charge on any atom is 0.0595 e. The first kappa shape index (κ1) is 14.8. The molecule has 0 saturated heterocycles. The number of rotatable bonds is 7. The molecule has 17 heavy (non-hydrogen) atoms. The summed E-state index contributed by atoms with van der Waals surface area (Å²) >= 11 is 11.9. The van der Waals surface area contributed by atoms with Crippen molar-refractivity contribution >= 4 is 23.2 Å². The Bertz CT molecular complexity index is 339. The van der Waals surface area contributed by atoms with Gasteiger partial charge in [-0.15, -0.1) is 0 Å². The van der Waals surface area contributed by atoms with Crippen LogP contribution >= 0.6 is 23.2 Å². The molecule has 0 bridgehead atoms. The Labute approximate surface area is 115 Å². The molecule has 0 radical (unpaired) electrons. The van der Waals surface area contributed by atoms with Gasteiger partial charge < -0.3 is 5.32 Å². The molecule has 1 nitrogen and oxygen atoms in total. The van der Waals surface area contributed by atoms with Gasteiger partial charge in [0, 0.05) is 6.04 Å². The Morgan fingerprint density at radius 1 is 1.12 bits per heavy atom. The normalized spacial score (nSPS) is 12.7. The van der Waals surface area contributed by atoms with E-state index in [1.54, 1.807) is 0 Å². The third kappa shape index (κ3) is 5.29.